The average molecular weight is 337 g/mol. The number of imide groups is 1. The molecule has 1 atom stereocenters. The zero-order valence-electron chi connectivity index (χ0n) is 10.6. The molecule has 0 aliphatic rings. The molecule has 0 unspecified atom stereocenters. The maximum atomic E-state index is 11.5. The number of hydrogen-bond donors (Lipinski definition) is 2. The fourth-order valence-corrected chi connectivity index (χ4v) is 3.17. The molecule has 1 aromatic heterocycles. The van der Waals surface area contributed by atoms with Crippen LogP contribution in [0.5, 0.6) is 0 Å². The molecule has 110 valence electrons. The van der Waals surface area contributed by atoms with E-state index in [2.05, 4.69) is 0 Å². The summed E-state index contributed by atoms with van der Waals surface area (Å²) in [7, 11) is 0. The molecular formula is C11H13ClN2O4S2. The molecule has 0 spiro atoms. The zero-order chi connectivity index (χ0) is 15.1. The Morgan fingerprint density at radius 3 is 2.75 bits per heavy atom. The van der Waals surface area contributed by atoms with Gasteiger partial charge in [-0.15, -0.1) is 23.1 Å². The first-order valence-electron chi connectivity index (χ1n) is 5.50. The van der Waals surface area contributed by atoms with Gasteiger partial charge in [0.05, 0.1) is 10.1 Å². The van der Waals surface area contributed by atoms with Gasteiger partial charge in [0.2, 0.25) is 0 Å². The minimum Gasteiger partial charge on any atom is -0.452 e. The number of halogens is 1. The largest absolute Gasteiger partial charge is 0.452 e. The van der Waals surface area contributed by atoms with Crippen LogP contribution >= 0.6 is 34.7 Å². The predicted octanol–water partition coefficient (Wildman–Crippen LogP) is 1.76. The van der Waals surface area contributed by atoms with Gasteiger partial charge in [-0.25, -0.2) is 4.79 Å². The van der Waals surface area contributed by atoms with Crippen LogP contribution in [0.1, 0.15) is 11.8 Å². The van der Waals surface area contributed by atoms with Gasteiger partial charge < -0.3 is 10.5 Å². The van der Waals surface area contributed by atoms with Crippen molar-refractivity contribution in [2.24, 2.45) is 5.73 Å². The van der Waals surface area contributed by atoms with Crippen LogP contribution in [0.25, 0.3) is 0 Å². The lowest BCUT2D eigenvalue weighted by atomic mass is 10.4. The third-order valence-corrected chi connectivity index (χ3v) is 4.39. The van der Waals surface area contributed by atoms with E-state index in [1.165, 1.54) is 30.0 Å². The Labute approximate surface area is 129 Å². The van der Waals surface area contributed by atoms with Crippen LogP contribution in [0, 0.1) is 0 Å². The summed E-state index contributed by atoms with van der Waals surface area (Å²) in [5.41, 5.74) is 4.78. The molecule has 1 heterocycles. The molecule has 6 nitrogen and oxygen atoms in total. The number of hydrogen-bond acceptors (Lipinski definition) is 6. The number of carbonyl (C=O) groups is 3. The molecule has 0 aliphatic carbocycles. The van der Waals surface area contributed by atoms with E-state index < -0.39 is 24.0 Å². The first-order valence-corrected chi connectivity index (χ1v) is 7.85. The summed E-state index contributed by atoms with van der Waals surface area (Å²) >= 11 is 8.57. The second kappa shape index (κ2) is 8.13. The van der Waals surface area contributed by atoms with Gasteiger partial charge >= 0.3 is 12.0 Å². The number of nitrogens with one attached hydrogen (secondary N) is 1. The van der Waals surface area contributed by atoms with Crippen molar-refractivity contribution in [3.63, 3.8) is 0 Å². The maximum absolute atomic E-state index is 11.5. The molecule has 0 radical (unpaired) electrons. The number of ether oxygens (including phenoxy) is 1. The molecule has 0 saturated carbocycles. The summed E-state index contributed by atoms with van der Waals surface area (Å²) in [6.45, 7) is 1.36. The average Bonchev–Trinajstić information content (AvgIpc) is 2.74. The number of urea groups is 1. The highest BCUT2D eigenvalue weighted by Crippen LogP contribution is 2.25. The number of thiophene rings is 1. The van der Waals surface area contributed by atoms with Gasteiger partial charge in [-0.05, 0) is 19.1 Å². The Balaban J connectivity index is 2.26. The van der Waals surface area contributed by atoms with Gasteiger partial charge in [-0.3, -0.25) is 14.9 Å². The van der Waals surface area contributed by atoms with Crippen LogP contribution in [0.3, 0.4) is 0 Å². The number of esters is 1. The molecular weight excluding hydrogens is 324 g/mol. The Morgan fingerprint density at radius 1 is 1.50 bits per heavy atom. The number of amides is 3. The fraction of sp³-hybridized carbons (Fsp3) is 0.364. The lowest BCUT2D eigenvalue weighted by molar-refractivity contribution is -0.151. The molecule has 1 rings (SSSR count). The lowest BCUT2D eigenvalue weighted by Crippen LogP contribution is -2.42. The van der Waals surface area contributed by atoms with Crippen LogP contribution in [-0.2, 0) is 20.1 Å². The summed E-state index contributed by atoms with van der Waals surface area (Å²) < 4.78 is 5.55. The molecule has 3 N–H and O–H groups in total. The Hall–Kier alpha value is -1.25. The minimum atomic E-state index is -1.06. The highest BCUT2D eigenvalue weighted by molar-refractivity contribution is 7.99. The Kier molecular flexibility index (Phi) is 6.83. The van der Waals surface area contributed by atoms with E-state index in [4.69, 9.17) is 22.1 Å². The van der Waals surface area contributed by atoms with Gasteiger partial charge in [-0.2, -0.15) is 0 Å². The van der Waals surface area contributed by atoms with Crippen molar-refractivity contribution in [3.8, 4) is 0 Å². The summed E-state index contributed by atoms with van der Waals surface area (Å²) in [6, 6.07) is 2.69. The molecule has 0 fully saturated rings. The third kappa shape index (κ3) is 6.27. The number of thioether (sulfide) groups is 1. The van der Waals surface area contributed by atoms with E-state index in [9.17, 15) is 14.4 Å². The predicted molar refractivity (Wildman–Crippen MR) is 78.8 cm³/mol. The smallest absolute Gasteiger partial charge is 0.318 e. The topological polar surface area (TPSA) is 98.5 Å². The molecule has 9 heteroatoms. The molecule has 1 aromatic rings. The lowest BCUT2D eigenvalue weighted by Gasteiger charge is -2.11. The standard InChI is InChI=1S/C11H13ClN2O4S2/c1-6(10(16)14-11(13)17)18-9(15)5-19-4-7-2-3-8(12)20-7/h2-3,6H,4-5H2,1H3,(H3,13,14,16,17)/t6-/m1/s1. The minimum absolute atomic E-state index is 0.101. The SMILES string of the molecule is C[C@@H](OC(=O)CSCc1ccc(Cl)s1)C(=O)NC(N)=O. The number of primary amides is 1. The van der Waals surface area contributed by atoms with Gasteiger partial charge in [-0.1, -0.05) is 11.6 Å². The van der Waals surface area contributed by atoms with Crippen LogP contribution in [-0.4, -0.2) is 29.8 Å². The van der Waals surface area contributed by atoms with Gasteiger partial charge in [0, 0.05) is 10.6 Å². The van der Waals surface area contributed by atoms with Crippen molar-refractivity contribution in [3.05, 3.63) is 21.3 Å². The summed E-state index contributed by atoms with van der Waals surface area (Å²) in [4.78, 5) is 34.3. The van der Waals surface area contributed by atoms with Crippen molar-refractivity contribution in [2.75, 3.05) is 5.75 Å². The monoisotopic (exact) mass is 336 g/mol. The normalized spacial score (nSPS) is 11.7. The summed E-state index contributed by atoms with van der Waals surface area (Å²) in [5.74, 6) is -0.552. The number of nitrogens with two attached hydrogens (primary N) is 1. The Bertz CT molecular complexity index is 506. The van der Waals surface area contributed by atoms with Crippen LogP contribution in [0.2, 0.25) is 4.34 Å². The van der Waals surface area contributed by atoms with Crippen molar-refractivity contribution in [2.45, 2.75) is 18.8 Å². The molecule has 0 aromatic carbocycles. The van der Waals surface area contributed by atoms with Crippen LogP contribution in [0.4, 0.5) is 4.79 Å². The summed E-state index contributed by atoms with van der Waals surface area (Å²) in [5, 5.41) is 1.84. The first-order chi connectivity index (χ1) is 9.38. The Morgan fingerprint density at radius 2 is 2.20 bits per heavy atom. The fourth-order valence-electron chi connectivity index (χ4n) is 1.17. The van der Waals surface area contributed by atoms with E-state index in [-0.39, 0.29) is 5.75 Å². The van der Waals surface area contributed by atoms with Crippen molar-refractivity contribution in [1.29, 1.82) is 0 Å². The molecule has 0 aliphatic heterocycles. The number of rotatable bonds is 6. The highest BCUT2D eigenvalue weighted by Gasteiger charge is 2.18. The second-order valence-electron chi connectivity index (χ2n) is 3.68. The van der Waals surface area contributed by atoms with Gasteiger partial charge in [0.15, 0.2) is 6.10 Å². The van der Waals surface area contributed by atoms with E-state index in [0.29, 0.717) is 10.1 Å². The second-order valence-corrected chi connectivity index (χ2v) is 6.47. The van der Waals surface area contributed by atoms with E-state index in [1.807, 2.05) is 11.4 Å². The van der Waals surface area contributed by atoms with Crippen molar-refractivity contribution < 1.29 is 19.1 Å². The first kappa shape index (κ1) is 16.8. The van der Waals surface area contributed by atoms with Gasteiger partial charge in [0.25, 0.3) is 5.91 Å². The number of carbonyl (C=O) groups excluding carboxylic acids is 3. The molecule has 3 amide bonds. The van der Waals surface area contributed by atoms with Crippen molar-refractivity contribution >= 4 is 52.6 Å². The third-order valence-electron chi connectivity index (χ3n) is 2.02. The van der Waals surface area contributed by atoms with E-state index >= 15 is 0 Å². The van der Waals surface area contributed by atoms with E-state index in [0.717, 1.165) is 4.88 Å². The van der Waals surface area contributed by atoms with Crippen molar-refractivity contribution in [1.82, 2.24) is 5.32 Å². The van der Waals surface area contributed by atoms with E-state index in [1.54, 1.807) is 6.07 Å². The highest BCUT2D eigenvalue weighted by atomic mass is 35.5. The molecule has 20 heavy (non-hydrogen) atoms. The molecule has 0 bridgehead atoms. The van der Waals surface area contributed by atoms with Gasteiger partial charge in [0.1, 0.15) is 0 Å². The quantitative estimate of drug-likeness (QED) is 0.771. The van der Waals surface area contributed by atoms with Crippen LogP contribution < -0.4 is 11.1 Å². The maximum Gasteiger partial charge on any atom is 0.318 e. The van der Waals surface area contributed by atoms with Crippen LogP contribution in [0.15, 0.2) is 12.1 Å². The summed E-state index contributed by atoms with van der Waals surface area (Å²) in [6.07, 6.45) is -1.06. The molecule has 0 saturated heterocycles. The zero-order valence-corrected chi connectivity index (χ0v) is 12.9.